The summed E-state index contributed by atoms with van der Waals surface area (Å²) in [5, 5.41) is 2.14. The third kappa shape index (κ3) is 6.96. The zero-order valence-corrected chi connectivity index (χ0v) is 19.1. The number of hydrogen-bond acceptors (Lipinski definition) is 4. The third-order valence-electron chi connectivity index (χ3n) is 5.33. The minimum atomic E-state index is -5.14. The van der Waals surface area contributed by atoms with Crippen LogP contribution >= 0.6 is 0 Å². The van der Waals surface area contributed by atoms with Gasteiger partial charge in [-0.25, -0.2) is 4.79 Å². The van der Waals surface area contributed by atoms with Crippen LogP contribution in [0.15, 0.2) is 72.8 Å². The summed E-state index contributed by atoms with van der Waals surface area (Å²) in [5.41, 5.74) is -3.02. The summed E-state index contributed by atoms with van der Waals surface area (Å²) in [5.74, 6) is -2.56. The summed E-state index contributed by atoms with van der Waals surface area (Å²) >= 11 is 0. The monoisotopic (exact) mass is 523 g/mol. The molecule has 3 aromatic rings. The maximum Gasteiger partial charge on any atom is 0.416 e. The fourth-order valence-electron chi connectivity index (χ4n) is 3.45. The molecule has 1 atom stereocenters. The molecule has 1 N–H and O–H groups in total. The first-order chi connectivity index (χ1) is 17.3. The second kappa shape index (κ2) is 10.9. The Bertz CT molecular complexity index is 1250. The number of nitrogens with one attached hydrogen (secondary N) is 1. The average molecular weight is 523 g/mol. The Morgan fingerprint density at radius 3 is 1.76 bits per heavy atom. The molecule has 3 rings (SSSR count). The first-order valence-corrected chi connectivity index (χ1v) is 10.7. The lowest BCUT2D eigenvalue weighted by atomic mass is 9.99. The molecule has 0 aliphatic heterocycles. The number of amides is 1. The quantitative estimate of drug-likeness (QED) is 0.253. The van der Waals surface area contributed by atoms with Crippen molar-refractivity contribution in [1.29, 1.82) is 0 Å². The van der Waals surface area contributed by atoms with Crippen LogP contribution in [0.5, 0.6) is 0 Å². The molecule has 0 unspecified atom stereocenters. The first-order valence-electron chi connectivity index (χ1n) is 10.7. The molecule has 0 spiro atoms. The van der Waals surface area contributed by atoms with Crippen LogP contribution in [0.4, 0.5) is 26.3 Å². The Hall–Kier alpha value is -4.15. The van der Waals surface area contributed by atoms with Gasteiger partial charge in [0, 0.05) is 23.1 Å². The lowest BCUT2D eigenvalue weighted by molar-refractivity contribution is -0.144. The molecule has 1 amide bonds. The molecule has 0 radical (unpaired) electrons. The van der Waals surface area contributed by atoms with E-state index in [1.165, 1.54) is 24.3 Å². The van der Waals surface area contributed by atoms with Gasteiger partial charge in [-0.2, -0.15) is 26.3 Å². The fraction of sp³-hybridized carbons (Fsp3) is 0.192. The van der Waals surface area contributed by atoms with Gasteiger partial charge in [0.25, 0.3) is 5.91 Å². The van der Waals surface area contributed by atoms with Gasteiger partial charge < -0.3 is 10.1 Å². The molecule has 3 aromatic carbocycles. The van der Waals surface area contributed by atoms with E-state index in [-0.39, 0.29) is 30.4 Å². The van der Waals surface area contributed by atoms with E-state index in [1.54, 1.807) is 30.3 Å². The molecular weight excluding hydrogens is 504 g/mol. The van der Waals surface area contributed by atoms with E-state index in [4.69, 9.17) is 0 Å². The van der Waals surface area contributed by atoms with Crippen LogP contribution in [0.3, 0.4) is 0 Å². The lowest BCUT2D eigenvalue weighted by Crippen LogP contribution is -2.43. The maximum absolute atomic E-state index is 13.1. The minimum Gasteiger partial charge on any atom is -0.467 e. The molecule has 37 heavy (non-hydrogen) atoms. The van der Waals surface area contributed by atoms with E-state index in [0.29, 0.717) is 16.7 Å². The molecule has 0 aliphatic carbocycles. The number of benzene rings is 3. The molecule has 0 saturated carbocycles. The largest absolute Gasteiger partial charge is 0.467 e. The molecule has 0 fully saturated rings. The number of halogens is 6. The number of alkyl halides is 6. The van der Waals surface area contributed by atoms with E-state index >= 15 is 0 Å². The Morgan fingerprint density at radius 1 is 0.757 bits per heavy atom. The Balaban J connectivity index is 1.83. The van der Waals surface area contributed by atoms with Crippen LogP contribution in [0.25, 0.3) is 0 Å². The molecule has 5 nitrogen and oxygen atoms in total. The van der Waals surface area contributed by atoms with Crippen molar-refractivity contribution in [3.05, 3.63) is 106 Å². The minimum absolute atomic E-state index is 0.104. The van der Waals surface area contributed by atoms with Crippen molar-refractivity contribution in [2.45, 2.75) is 24.8 Å². The van der Waals surface area contributed by atoms with Gasteiger partial charge in [0.1, 0.15) is 6.04 Å². The predicted molar refractivity (Wildman–Crippen MR) is 120 cm³/mol. The summed E-state index contributed by atoms with van der Waals surface area (Å²) in [6.07, 6.45) is -10.5. The van der Waals surface area contributed by atoms with E-state index in [1.807, 2.05) is 0 Å². The molecular formula is C26H19F6NO4. The van der Waals surface area contributed by atoms with Crippen molar-refractivity contribution in [1.82, 2.24) is 5.32 Å². The number of ketones is 1. The Labute approximate surface area is 207 Å². The highest BCUT2D eigenvalue weighted by molar-refractivity contribution is 6.09. The highest BCUT2D eigenvalue weighted by Gasteiger charge is 2.38. The number of carbonyl (C=O) groups is 3. The molecule has 0 heterocycles. The molecule has 0 aromatic heterocycles. The predicted octanol–water partition coefficient (Wildman–Crippen LogP) is 5.47. The second-order valence-corrected chi connectivity index (χ2v) is 7.94. The van der Waals surface area contributed by atoms with Crippen LogP contribution in [-0.2, 0) is 28.3 Å². The summed E-state index contributed by atoms with van der Waals surface area (Å²) in [6, 6.07) is 13.4. The molecule has 194 valence electrons. The van der Waals surface area contributed by atoms with Gasteiger partial charge in [0.2, 0.25) is 0 Å². The van der Waals surface area contributed by atoms with E-state index < -0.39 is 47.0 Å². The van der Waals surface area contributed by atoms with Crippen molar-refractivity contribution < 1.29 is 45.5 Å². The van der Waals surface area contributed by atoms with Gasteiger partial charge in [0.05, 0.1) is 18.2 Å². The number of rotatable bonds is 7. The highest BCUT2D eigenvalue weighted by Crippen LogP contribution is 2.36. The number of esters is 1. The van der Waals surface area contributed by atoms with Crippen LogP contribution in [0, 0.1) is 0 Å². The van der Waals surface area contributed by atoms with E-state index in [0.717, 1.165) is 7.11 Å². The standard InChI is InChI=1S/C26H19F6NO4/c1-37-24(36)21(11-15-7-9-17(10-8-15)22(34)16-5-3-2-4-6-16)33-23(35)18-12-19(25(27,28)29)14-20(13-18)26(30,31)32/h2-10,12-14,21H,11H2,1H3,(H,33,35)/t21-/m1/s1. The highest BCUT2D eigenvalue weighted by atomic mass is 19.4. The zero-order chi connectivity index (χ0) is 27.4. The molecule has 0 bridgehead atoms. The topological polar surface area (TPSA) is 72.5 Å². The van der Waals surface area contributed by atoms with Gasteiger partial charge in [-0.05, 0) is 23.8 Å². The number of carbonyl (C=O) groups excluding carboxylic acids is 3. The van der Waals surface area contributed by atoms with Crippen molar-refractivity contribution in [3.8, 4) is 0 Å². The molecule has 11 heteroatoms. The van der Waals surface area contributed by atoms with Crippen molar-refractivity contribution in [3.63, 3.8) is 0 Å². The van der Waals surface area contributed by atoms with Gasteiger partial charge in [-0.15, -0.1) is 0 Å². The van der Waals surface area contributed by atoms with Gasteiger partial charge in [0.15, 0.2) is 5.78 Å². The summed E-state index contributed by atoms with van der Waals surface area (Å²) in [6.45, 7) is 0. The van der Waals surface area contributed by atoms with E-state index in [9.17, 15) is 40.7 Å². The van der Waals surface area contributed by atoms with Crippen LogP contribution in [0.2, 0.25) is 0 Å². The van der Waals surface area contributed by atoms with Crippen LogP contribution in [0.1, 0.15) is 43.0 Å². The molecule has 0 aliphatic rings. The smallest absolute Gasteiger partial charge is 0.416 e. The normalized spacial score (nSPS) is 12.5. The van der Waals surface area contributed by atoms with Gasteiger partial charge >= 0.3 is 18.3 Å². The number of methoxy groups -OCH3 is 1. The summed E-state index contributed by atoms with van der Waals surface area (Å²) in [4.78, 5) is 37.4. The van der Waals surface area contributed by atoms with Crippen LogP contribution < -0.4 is 5.32 Å². The lowest BCUT2D eigenvalue weighted by Gasteiger charge is -2.18. The maximum atomic E-state index is 13.1. The number of ether oxygens (including phenoxy) is 1. The van der Waals surface area contributed by atoms with Gasteiger partial charge in [-0.3, -0.25) is 9.59 Å². The first kappa shape index (κ1) is 27.4. The van der Waals surface area contributed by atoms with Crippen molar-refractivity contribution >= 4 is 17.7 Å². The Kier molecular flexibility index (Phi) is 8.05. The zero-order valence-electron chi connectivity index (χ0n) is 19.1. The molecule has 0 saturated heterocycles. The Morgan fingerprint density at radius 2 is 1.27 bits per heavy atom. The number of hydrogen-bond donors (Lipinski definition) is 1. The summed E-state index contributed by atoms with van der Waals surface area (Å²) in [7, 11) is 1.01. The van der Waals surface area contributed by atoms with Gasteiger partial charge in [-0.1, -0.05) is 54.6 Å². The van der Waals surface area contributed by atoms with Crippen molar-refractivity contribution in [2.75, 3.05) is 7.11 Å². The third-order valence-corrected chi connectivity index (χ3v) is 5.33. The second-order valence-electron chi connectivity index (χ2n) is 7.94. The van der Waals surface area contributed by atoms with E-state index in [2.05, 4.69) is 10.1 Å². The van der Waals surface area contributed by atoms with Crippen LogP contribution in [-0.4, -0.2) is 30.8 Å². The average Bonchev–Trinajstić information content (AvgIpc) is 2.87. The SMILES string of the molecule is COC(=O)[C@@H](Cc1ccc(C(=O)c2ccccc2)cc1)NC(=O)c1cc(C(F)(F)F)cc(C(F)(F)F)c1. The van der Waals surface area contributed by atoms with Crippen molar-refractivity contribution in [2.24, 2.45) is 0 Å². The fourth-order valence-corrected chi connectivity index (χ4v) is 3.45. The summed E-state index contributed by atoms with van der Waals surface area (Å²) < 4.78 is 83.4.